The number of furan rings is 1. The van der Waals surface area contributed by atoms with Crippen LogP contribution in [-0.4, -0.2) is 9.91 Å². The van der Waals surface area contributed by atoms with Crippen molar-refractivity contribution >= 4 is 27.8 Å². The second-order valence-corrected chi connectivity index (χ2v) is 3.40. The van der Waals surface area contributed by atoms with Crippen LogP contribution in [0.4, 0.5) is 5.69 Å². The Balaban J connectivity index is 2.44. The molecule has 0 amide bonds. The van der Waals surface area contributed by atoms with Crippen LogP contribution >= 0.6 is 0 Å². The van der Waals surface area contributed by atoms with Gasteiger partial charge in [-0.15, -0.1) is 0 Å². The molecular weight excluding hydrogens is 208 g/mol. The maximum atomic E-state index is 10.7. The van der Waals surface area contributed by atoms with Gasteiger partial charge in [0.2, 0.25) is 5.71 Å². The molecule has 0 atom stereocenters. The molecule has 16 heavy (non-hydrogen) atoms. The maximum absolute atomic E-state index is 10.7. The van der Waals surface area contributed by atoms with Crippen molar-refractivity contribution < 1.29 is 9.34 Å². The second kappa shape index (κ2) is 3.03. The van der Waals surface area contributed by atoms with Crippen LogP contribution in [0.3, 0.4) is 0 Å². The fourth-order valence-electron chi connectivity index (χ4n) is 1.71. The standard InChI is InChI=1S/C11H6N2O3/c14-13(15)7-3-4-10-9(6-7)8-2-1-5-12-11(8)16-10/h1-6H. The summed E-state index contributed by atoms with van der Waals surface area (Å²) < 4.78 is 5.45. The van der Waals surface area contributed by atoms with Gasteiger partial charge in [0.1, 0.15) is 5.58 Å². The summed E-state index contributed by atoms with van der Waals surface area (Å²) in [6, 6.07) is 8.12. The fourth-order valence-corrected chi connectivity index (χ4v) is 1.71. The molecule has 2 aromatic heterocycles. The Kier molecular flexibility index (Phi) is 1.67. The van der Waals surface area contributed by atoms with Crippen LogP contribution in [0.2, 0.25) is 0 Å². The quantitative estimate of drug-likeness (QED) is 0.461. The molecule has 0 aliphatic carbocycles. The lowest BCUT2D eigenvalue weighted by Crippen LogP contribution is -1.86. The smallest absolute Gasteiger partial charge is 0.270 e. The van der Waals surface area contributed by atoms with E-state index < -0.39 is 4.92 Å². The summed E-state index contributed by atoms with van der Waals surface area (Å²) in [5, 5.41) is 12.2. The molecule has 0 saturated carbocycles. The topological polar surface area (TPSA) is 69.2 Å². The maximum Gasteiger partial charge on any atom is 0.270 e. The van der Waals surface area contributed by atoms with E-state index in [2.05, 4.69) is 4.98 Å². The highest BCUT2D eigenvalue weighted by Crippen LogP contribution is 2.29. The van der Waals surface area contributed by atoms with Crippen molar-refractivity contribution in [3.63, 3.8) is 0 Å². The van der Waals surface area contributed by atoms with Gasteiger partial charge in [0, 0.05) is 29.1 Å². The predicted molar refractivity (Wildman–Crippen MR) is 58.2 cm³/mol. The van der Waals surface area contributed by atoms with E-state index in [1.807, 2.05) is 6.07 Å². The van der Waals surface area contributed by atoms with Crippen molar-refractivity contribution in [3.8, 4) is 0 Å². The van der Waals surface area contributed by atoms with Crippen LogP contribution in [0.1, 0.15) is 0 Å². The number of benzene rings is 1. The molecule has 2 heterocycles. The molecule has 0 aliphatic rings. The molecule has 0 N–H and O–H groups in total. The van der Waals surface area contributed by atoms with Crippen LogP contribution in [-0.2, 0) is 0 Å². The summed E-state index contributed by atoms with van der Waals surface area (Å²) in [5.41, 5.74) is 1.16. The van der Waals surface area contributed by atoms with Gasteiger partial charge in [-0.1, -0.05) is 0 Å². The lowest BCUT2D eigenvalue weighted by Gasteiger charge is -1.90. The first-order valence-corrected chi connectivity index (χ1v) is 4.67. The number of aromatic nitrogens is 1. The van der Waals surface area contributed by atoms with Gasteiger partial charge < -0.3 is 4.42 Å². The highest BCUT2D eigenvalue weighted by atomic mass is 16.6. The van der Waals surface area contributed by atoms with Crippen LogP contribution in [0.5, 0.6) is 0 Å². The van der Waals surface area contributed by atoms with E-state index in [1.54, 1.807) is 18.3 Å². The Morgan fingerprint density at radius 1 is 1.25 bits per heavy atom. The zero-order chi connectivity index (χ0) is 11.1. The van der Waals surface area contributed by atoms with E-state index in [-0.39, 0.29) is 5.69 Å². The molecule has 0 spiro atoms. The first-order valence-electron chi connectivity index (χ1n) is 4.67. The highest BCUT2D eigenvalue weighted by molar-refractivity contribution is 6.04. The van der Waals surface area contributed by atoms with Crippen molar-refractivity contribution in [3.05, 3.63) is 46.6 Å². The first-order chi connectivity index (χ1) is 7.75. The number of non-ortho nitro benzene ring substituents is 1. The van der Waals surface area contributed by atoms with Crippen LogP contribution in [0.15, 0.2) is 40.9 Å². The largest absolute Gasteiger partial charge is 0.438 e. The lowest BCUT2D eigenvalue weighted by molar-refractivity contribution is -0.384. The van der Waals surface area contributed by atoms with E-state index in [9.17, 15) is 10.1 Å². The first kappa shape index (κ1) is 8.84. The van der Waals surface area contributed by atoms with Crippen LogP contribution in [0.25, 0.3) is 22.1 Å². The second-order valence-electron chi connectivity index (χ2n) is 3.40. The molecule has 3 rings (SSSR count). The Hall–Kier alpha value is -2.43. The molecule has 78 valence electrons. The molecule has 0 aliphatic heterocycles. The number of rotatable bonds is 1. The molecule has 0 bridgehead atoms. The lowest BCUT2D eigenvalue weighted by atomic mass is 10.2. The average Bonchev–Trinajstić information content (AvgIpc) is 2.66. The molecule has 0 unspecified atom stereocenters. The van der Waals surface area contributed by atoms with E-state index >= 15 is 0 Å². The molecule has 1 aromatic carbocycles. The Morgan fingerprint density at radius 2 is 2.12 bits per heavy atom. The number of nitro benzene ring substituents is 1. The molecule has 5 nitrogen and oxygen atoms in total. The molecule has 0 saturated heterocycles. The highest BCUT2D eigenvalue weighted by Gasteiger charge is 2.12. The van der Waals surface area contributed by atoms with E-state index in [0.717, 1.165) is 10.8 Å². The SMILES string of the molecule is O=[N+]([O-])c1ccc2oc3ncccc3c2c1. The number of hydrogen-bond donors (Lipinski definition) is 0. The molecule has 0 fully saturated rings. The van der Waals surface area contributed by atoms with Gasteiger partial charge in [-0.2, -0.15) is 0 Å². The van der Waals surface area contributed by atoms with Crippen molar-refractivity contribution in [2.24, 2.45) is 0 Å². The molecular formula is C11H6N2O3. The minimum absolute atomic E-state index is 0.0547. The van der Waals surface area contributed by atoms with Crippen molar-refractivity contribution in [1.82, 2.24) is 4.98 Å². The summed E-state index contributed by atoms with van der Waals surface area (Å²) in [4.78, 5) is 14.3. The molecule has 3 aromatic rings. The number of nitrogens with zero attached hydrogens (tertiary/aromatic N) is 2. The van der Waals surface area contributed by atoms with Crippen LogP contribution < -0.4 is 0 Å². The van der Waals surface area contributed by atoms with Gasteiger partial charge in [-0.05, 0) is 18.2 Å². The van der Waals surface area contributed by atoms with Gasteiger partial charge in [0.05, 0.1) is 4.92 Å². The minimum Gasteiger partial charge on any atom is -0.438 e. The van der Waals surface area contributed by atoms with E-state index in [1.165, 1.54) is 12.1 Å². The Morgan fingerprint density at radius 3 is 2.94 bits per heavy atom. The van der Waals surface area contributed by atoms with Gasteiger partial charge in [-0.25, -0.2) is 4.98 Å². The zero-order valence-corrected chi connectivity index (χ0v) is 8.08. The third-order valence-electron chi connectivity index (χ3n) is 2.44. The van der Waals surface area contributed by atoms with Crippen LogP contribution in [0, 0.1) is 10.1 Å². The predicted octanol–water partition coefficient (Wildman–Crippen LogP) is 2.89. The number of pyridine rings is 1. The molecule has 5 heteroatoms. The Bertz CT molecular complexity index is 703. The monoisotopic (exact) mass is 214 g/mol. The number of fused-ring (bicyclic) bond motifs is 3. The normalized spacial score (nSPS) is 11.0. The molecule has 0 radical (unpaired) electrons. The van der Waals surface area contributed by atoms with Crippen molar-refractivity contribution in [2.75, 3.05) is 0 Å². The summed E-state index contributed by atoms with van der Waals surface area (Å²) in [5.74, 6) is 0. The van der Waals surface area contributed by atoms with Gasteiger partial charge >= 0.3 is 0 Å². The zero-order valence-electron chi connectivity index (χ0n) is 8.08. The third-order valence-corrected chi connectivity index (χ3v) is 2.44. The average molecular weight is 214 g/mol. The fraction of sp³-hybridized carbons (Fsp3) is 0. The van der Waals surface area contributed by atoms with E-state index in [4.69, 9.17) is 4.42 Å². The number of hydrogen-bond acceptors (Lipinski definition) is 4. The third kappa shape index (κ3) is 1.15. The van der Waals surface area contributed by atoms with Gasteiger partial charge in [0.15, 0.2) is 0 Å². The van der Waals surface area contributed by atoms with Crippen molar-refractivity contribution in [1.29, 1.82) is 0 Å². The number of nitro groups is 1. The summed E-state index contributed by atoms with van der Waals surface area (Å²) in [6.45, 7) is 0. The minimum atomic E-state index is -0.422. The van der Waals surface area contributed by atoms with Gasteiger partial charge in [-0.3, -0.25) is 10.1 Å². The Labute approximate surface area is 89.5 Å². The summed E-state index contributed by atoms with van der Waals surface area (Å²) >= 11 is 0. The van der Waals surface area contributed by atoms with Gasteiger partial charge in [0.25, 0.3) is 5.69 Å². The summed E-state index contributed by atoms with van der Waals surface area (Å²) in [6.07, 6.45) is 1.62. The van der Waals surface area contributed by atoms with E-state index in [0.29, 0.717) is 11.3 Å². The summed E-state index contributed by atoms with van der Waals surface area (Å²) in [7, 11) is 0. The van der Waals surface area contributed by atoms with Crippen molar-refractivity contribution in [2.45, 2.75) is 0 Å².